The average molecular weight is 324 g/mol. The van der Waals surface area contributed by atoms with Gasteiger partial charge in [-0.3, -0.25) is 0 Å². The number of aliphatic hydroxyl groups is 1. The van der Waals surface area contributed by atoms with Crippen molar-refractivity contribution in [3.63, 3.8) is 0 Å². The van der Waals surface area contributed by atoms with Gasteiger partial charge in [-0.1, -0.05) is 30.3 Å². The van der Waals surface area contributed by atoms with Crippen LogP contribution in [0.4, 0.5) is 0 Å². The van der Waals surface area contributed by atoms with Crippen molar-refractivity contribution in [2.24, 2.45) is 0 Å². The summed E-state index contributed by atoms with van der Waals surface area (Å²) in [6.07, 6.45) is 0.00641. The Morgan fingerprint density at radius 1 is 1.17 bits per heavy atom. The summed E-state index contributed by atoms with van der Waals surface area (Å²) in [6, 6.07) is 9.87. The van der Waals surface area contributed by atoms with Crippen molar-refractivity contribution in [1.82, 2.24) is 0 Å². The van der Waals surface area contributed by atoms with Gasteiger partial charge >= 0.3 is 0 Å². The first-order valence-corrected chi connectivity index (χ1v) is 8.04. The highest BCUT2D eigenvalue weighted by atomic mass is 16.7. The normalized spacial score (nSPS) is 34.1. The van der Waals surface area contributed by atoms with Crippen molar-refractivity contribution >= 4 is 0 Å². The van der Waals surface area contributed by atoms with E-state index in [1.807, 2.05) is 30.3 Å². The van der Waals surface area contributed by atoms with Crippen LogP contribution in [0.1, 0.15) is 24.7 Å². The summed E-state index contributed by atoms with van der Waals surface area (Å²) in [5.41, 5.74) is 0.998. The third kappa shape index (κ3) is 4.09. The molecule has 6 heteroatoms. The standard InChI is InChI=1S/C17H24O6/c1-19-17-14(20-9-5-8-18)10-13-15(23-17)11-21-16(22-13)12-6-3-2-4-7-12/h2-4,6-7,13-18H,5,8-11H2,1H3/t13-,14+,15+,16?,17-/m0/s1. The second-order valence-electron chi connectivity index (χ2n) is 5.75. The molecule has 2 heterocycles. The number of hydrogen-bond acceptors (Lipinski definition) is 6. The van der Waals surface area contributed by atoms with Crippen LogP contribution in [-0.2, 0) is 23.7 Å². The Morgan fingerprint density at radius 2 is 2.00 bits per heavy atom. The summed E-state index contributed by atoms with van der Waals surface area (Å²) in [4.78, 5) is 0. The van der Waals surface area contributed by atoms with Crippen molar-refractivity contribution in [2.45, 2.75) is 43.7 Å². The molecule has 1 aromatic carbocycles. The van der Waals surface area contributed by atoms with E-state index in [0.717, 1.165) is 5.56 Å². The summed E-state index contributed by atoms with van der Waals surface area (Å²) >= 11 is 0. The van der Waals surface area contributed by atoms with Crippen molar-refractivity contribution < 1.29 is 28.8 Å². The minimum Gasteiger partial charge on any atom is -0.396 e. The lowest BCUT2D eigenvalue weighted by Crippen LogP contribution is -2.54. The lowest BCUT2D eigenvalue weighted by Gasteiger charge is -2.44. The maximum absolute atomic E-state index is 8.88. The summed E-state index contributed by atoms with van der Waals surface area (Å²) in [6.45, 7) is 1.05. The number of rotatable bonds is 6. The lowest BCUT2D eigenvalue weighted by molar-refractivity contribution is -0.337. The first-order valence-electron chi connectivity index (χ1n) is 8.04. The van der Waals surface area contributed by atoms with Gasteiger partial charge in [0.15, 0.2) is 12.6 Å². The number of benzene rings is 1. The van der Waals surface area contributed by atoms with Crippen molar-refractivity contribution in [2.75, 3.05) is 26.9 Å². The molecule has 0 bridgehead atoms. The van der Waals surface area contributed by atoms with Crippen molar-refractivity contribution in [3.05, 3.63) is 35.9 Å². The van der Waals surface area contributed by atoms with Gasteiger partial charge in [-0.25, -0.2) is 0 Å². The van der Waals surface area contributed by atoms with Gasteiger partial charge in [0.05, 0.1) is 12.7 Å². The SMILES string of the molecule is CO[C@H]1O[C@@H]2COC(c3ccccc3)O[C@H]2C[C@H]1OCCCO. The summed E-state index contributed by atoms with van der Waals surface area (Å²) in [7, 11) is 1.60. The minimum atomic E-state index is -0.435. The molecule has 0 saturated carbocycles. The predicted molar refractivity (Wildman–Crippen MR) is 81.7 cm³/mol. The highest BCUT2D eigenvalue weighted by Crippen LogP contribution is 2.34. The molecule has 23 heavy (non-hydrogen) atoms. The van der Waals surface area contributed by atoms with Crippen LogP contribution in [0.5, 0.6) is 0 Å². The molecule has 0 radical (unpaired) electrons. The van der Waals surface area contributed by atoms with Crippen LogP contribution < -0.4 is 0 Å². The molecule has 0 aliphatic carbocycles. The van der Waals surface area contributed by atoms with E-state index >= 15 is 0 Å². The van der Waals surface area contributed by atoms with Crippen molar-refractivity contribution in [1.29, 1.82) is 0 Å². The van der Waals surface area contributed by atoms with E-state index in [2.05, 4.69) is 0 Å². The Bertz CT molecular complexity index is 467. The van der Waals surface area contributed by atoms with E-state index in [-0.39, 0.29) is 31.2 Å². The molecule has 2 saturated heterocycles. The highest BCUT2D eigenvalue weighted by Gasteiger charge is 2.43. The third-order valence-corrected chi connectivity index (χ3v) is 4.14. The zero-order chi connectivity index (χ0) is 16.1. The van der Waals surface area contributed by atoms with Gasteiger partial charge in [0, 0.05) is 32.3 Å². The molecule has 2 fully saturated rings. The Kier molecular flexibility index (Phi) is 5.99. The van der Waals surface area contributed by atoms with Crippen LogP contribution in [0, 0.1) is 0 Å². The van der Waals surface area contributed by atoms with Crippen LogP contribution >= 0.6 is 0 Å². The molecule has 3 rings (SSSR count). The third-order valence-electron chi connectivity index (χ3n) is 4.14. The molecular formula is C17H24O6. The van der Waals surface area contributed by atoms with E-state index in [0.29, 0.717) is 26.1 Å². The Labute approximate surface area is 136 Å². The molecule has 0 aromatic heterocycles. The molecular weight excluding hydrogens is 300 g/mol. The molecule has 1 aromatic rings. The fraction of sp³-hybridized carbons (Fsp3) is 0.647. The van der Waals surface area contributed by atoms with E-state index in [1.54, 1.807) is 7.11 Å². The monoisotopic (exact) mass is 324 g/mol. The second-order valence-corrected chi connectivity index (χ2v) is 5.75. The van der Waals surface area contributed by atoms with Gasteiger partial charge in [0.25, 0.3) is 0 Å². The second kappa shape index (κ2) is 8.19. The summed E-state index contributed by atoms with van der Waals surface area (Å²) < 4.78 is 28.9. The molecule has 1 N–H and O–H groups in total. The fourth-order valence-corrected chi connectivity index (χ4v) is 2.95. The van der Waals surface area contributed by atoms with E-state index in [9.17, 15) is 0 Å². The van der Waals surface area contributed by atoms with Crippen molar-refractivity contribution in [3.8, 4) is 0 Å². The highest BCUT2D eigenvalue weighted by molar-refractivity contribution is 5.16. The van der Waals surface area contributed by atoms with Gasteiger partial charge in [-0.2, -0.15) is 0 Å². The average Bonchev–Trinajstić information content (AvgIpc) is 2.61. The van der Waals surface area contributed by atoms with Crippen LogP contribution in [0.25, 0.3) is 0 Å². The summed E-state index contributed by atoms with van der Waals surface area (Å²) in [5.74, 6) is 0. The van der Waals surface area contributed by atoms with Crippen LogP contribution in [0.15, 0.2) is 30.3 Å². The van der Waals surface area contributed by atoms with Gasteiger partial charge in [0.1, 0.15) is 12.2 Å². The Hall–Kier alpha value is -1.02. The number of hydrogen-bond donors (Lipinski definition) is 1. The number of ether oxygens (including phenoxy) is 5. The van der Waals surface area contributed by atoms with Crippen LogP contribution in [0.3, 0.4) is 0 Å². The molecule has 2 aliphatic heterocycles. The smallest absolute Gasteiger partial charge is 0.184 e. The summed E-state index contributed by atoms with van der Waals surface area (Å²) in [5, 5.41) is 8.88. The first kappa shape index (κ1) is 16.8. The molecule has 6 nitrogen and oxygen atoms in total. The van der Waals surface area contributed by atoms with E-state index < -0.39 is 6.29 Å². The maximum atomic E-state index is 8.88. The predicted octanol–water partition coefficient (Wildman–Crippen LogP) is 1.63. The molecule has 5 atom stereocenters. The zero-order valence-corrected chi connectivity index (χ0v) is 13.3. The maximum Gasteiger partial charge on any atom is 0.184 e. The molecule has 0 spiro atoms. The number of aliphatic hydroxyl groups excluding tert-OH is 1. The van der Waals surface area contributed by atoms with Gasteiger partial charge < -0.3 is 28.8 Å². The van der Waals surface area contributed by atoms with E-state index in [1.165, 1.54) is 0 Å². The van der Waals surface area contributed by atoms with Gasteiger partial charge in [-0.05, 0) is 6.42 Å². The van der Waals surface area contributed by atoms with Gasteiger partial charge in [0.2, 0.25) is 0 Å². The van der Waals surface area contributed by atoms with Gasteiger partial charge in [-0.15, -0.1) is 0 Å². The molecule has 128 valence electrons. The Morgan fingerprint density at radius 3 is 2.74 bits per heavy atom. The largest absolute Gasteiger partial charge is 0.396 e. The molecule has 0 amide bonds. The minimum absolute atomic E-state index is 0.0977. The lowest BCUT2D eigenvalue weighted by atomic mass is 10.0. The van der Waals surface area contributed by atoms with E-state index in [4.69, 9.17) is 28.8 Å². The molecule has 1 unspecified atom stereocenters. The Balaban J connectivity index is 1.62. The number of fused-ring (bicyclic) bond motifs is 1. The van der Waals surface area contributed by atoms with Crippen LogP contribution in [-0.4, -0.2) is 56.6 Å². The topological polar surface area (TPSA) is 66.4 Å². The first-order chi connectivity index (χ1) is 11.3. The zero-order valence-electron chi connectivity index (χ0n) is 13.3. The van der Waals surface area contributed by atoms with Crippen LogP contribution in [0.2, 0.25) is 0 Å². The molecule has 2 aliphatic rings. The number of methoxy groups -OCH3 is 1. The fourth-order valence-electron chi connectivity index (χ4n) is 2.95. The quantitative estimate of drug-likeness (QED) is 0.802.